The third kappa shape index (κ3) is 3.32. The lowest BCUT2D eigenvalue weighted by atomic mass is 10.1. The Bertz CT molecular complexity index is 867. The first kappa shape index (κ1) is 15.1. The van der Waals surface area contributed by atoms with Crippen molar-refractivity contribution in [3.8, 4) is 22.5 Å². The minimum Gasteiger partial charge on any atom is -0.258 e. The van der Waals surface area contributed by atoms with Crippen LogP contribution in [0.15, 0.2) is 54.6 Å². The molecule has 0 atom stereocenters. The molecule has 1 aromatic heterocycles. The average Bonchev–Trinajstić information content (AvgIpc) is 2.55. The van der Waals surface area contributed by atoms with Crippen LogP contribution in [-0.4, -0.2) is 14.9 Å². The summed E-state index contributed by atoms with van der Waals surface area (Å²) in [5.41, 5.74) is 2.42. The molecule has 0 amide bonds. The second-order valence-electron chi connectivity index (χ2n) is 4.72. The van der Waals surface area contributed by atoms with Gasteiger partial charge < -0.3 is 0 Å². The highest BCUT2D eigenvalue weighted by molar-refractivity contribution is 6.28. The molecule has 0 bridgehead atoms. The minimum absolute atomic E-state index is 0.00680. The van der Waals surface area contributed by atoms with Crippen molar-refractivity contribution >= 4 is 17.3 Å². The van der Waals surface area contributed by atoms with Gasteiger partial charge in [0, 0.05) is 23.3 Å². The number of nitro groups is 1. The van der Waals surface area contributed by atoms with Gasteiger partial charge in [-0.15, -0.1) is 0 Å². The molecule has 0 N–H and O–H groups in total. The summed E-state index contributed by atoms with van der Waals surface area (Å²) in [5, 5.41) is 10.7. The number of non-ortho nitro benzene ring substituents is 1. The van der Waals surface area contributed by atoms with E-state index in [1.165, 1.54) is 24.3 Å². The quantitative estimate of drug-likeness (QED) is 0.402. The summed E-state index contributed by atoms with van der Waals surface area (Å²) in [6, 6.07) is 13.5. The van der Waals surface area contributed by atoms with E-state index in [0.29, 0.717) is 22.5 Å². The summed E-state index contributed by atoms with van der Waals surface area (Å²) in [4.78, 5) is 18.5. The van der Waals surface area contributed by atoms with Crippen molar-refractivity contribution in [1.82, 2.24) is 9.97 Å². The van der Waals surface area contributed by atoms with E-state index in [9.17, 15) is 14.5 Å². The van der Waals surface area contributed by atoms with Crippen LogP contribution in [0.25, 0.3) is 22.5 Å². The summed E-state index contributed by atoms with van der Waals surface area (Å²) >= 11 is 5.96. The third-order valence-corrected chi connectivity index (χ3v) is 3.38. The first-order valence-electron chi connectivity index (χ1n) is 6.58. The molecule has 0 aliphatic heterocycles. The summed E-state index contributed by atoms with van der Waals surface area (Å²) in [6.45, 7) is 0. The first-order valence-corrected chi connectivity index (χ1v) is 6.96. The molecule has 2 aromatic carbocycles. The minimum atomic E-state index is -0.472. The third-order valence-electron chi connectivity index (χ3n) is 3.21. The summed E-state index contributed by atoms with van der Waals surface area (Å²) in [6.07, 6.45) is 0. The summed E-state index contributed by atoms with van der Waals surface area (Å²) in [7, 11) is 0. The highest BCUT2D eigenvalue weighted by atomic mass is 35.5. The lowest BCUT2D eigenvalue weighted by molar-refractivity contribution is -0.384. The maximum absolute atomic E-state index is 13.0. The van der Waals surface area contributed by atoms with Gasteiger partial charge in [0.05, 0.1) is 16.3 Å². The van der Waals surface area contributed by atoms with Gasteiger partial charge in [0.25, 0.3) is 5.69 Å². The smallest absolute Gasteiger partial charge is 0.258 e. The van der Waals surface area contributed by atoms with Crippen LogP contribution >= 0.6 is 11.6 Å². The van der Waals surface area contributed by atoms with Gasteiger partial charge in [-0.05, 0) is 54.1 Å². The normalized spacial score (nSPS) is 10.5. The van der Waals surface area contributed by atoms with Gasteiger partial charge >= 0.3 is 0 Å². The number of rotatable bonds is 3. The van der Waals surface area contributed by atoms with Crippen molar-refractivity contribution in [2.45, 2.75) is 0 Å². The Hall–Kier alpha value is -2.86. The Kier molecular flexibility index (Phi) is 3.99. The van der Waals surface area contributed by atoms with E-state index in [4.69, 9.17) is 11.6 Å². The number of hydrogen-bond donors (Lipinski definition) is 0. The van der Waals surface area contributed by atoms with E-state index in [1.807, 2.05) is 0 Å². The molecule has 0 saturated carbocycles. The van der Waals surface area contributed by atoms with Gasteiger partial charge in [-0.2, -0.15) is 0 Å². The van der Waals surface area contributed by atoms with Crippen LogP contribution in [-0.2, 0) is 0 Å². The number of aromatic nitrogens is 2. The van der Waals surface area contributed by atoms with Gasteiger partial charge in [-0.3, -0.25) is 10.1 Å². The Morgan fingerprint density at radius 1 is 0.913 bits per heavy atom. The van der Waals surface area contributed by atoms with E-state index in [-0.39, 0.29) is 16.8 Å². The molecule has 3 aromatic rings. The van der Waals surface area contributed by atoms with Gasteiger partial charge in [-0.1, -0.05) is 0 Å². The number of nitrogens with zero attached hydrogens (tertiary/aromatic N) is 3. The fourth-order valence-corrected chi connectivity index (χ4v) is 2.27. The van der Waals surface area contributed by atoms with Crippen molar-refractivity contribution in [3.05, 3.63) is 75.8 Å². The highest BCUT2D eigenvalue weighted by Gasteiger charge is 2.10. The lowest BCUT2D eigenvalue weighted by Gasteiger charge is -2.06. The molecule has 3 rings (SSSR count). The van der Waals surface area contributed by atoms with Crippen LogP contribution < -0.4 is 0 Å². The molecule has 0 fully saturated rings. The SMILES string of the molecule is O=[N+]([O-])c1ccc(-c2cc(-c3ccc(F)cc3)nc(Cl)n2)cc1. The van der Waals surface area contributed by atoms with Crippen LogP contribution in [0, 0.1) is 15.9 Å². The van der Waals surface area contributed by atoms with Crippen LogP contribution in [0.2, 0.25) is 5.28 Å². The maximum atomic E-state index is 13.0. The Morgan fingerprint density at radius 3 is 1.87 bits per heavy atom. The number of hydrogen-bond acceptors (Lipinski definition) is 4. The number of halogens is 2. The molecule has 114 valence electrons. The van der Waals surface area contributed by atoms with E-state index in [2.05, 4.69) is 9.97 Å². The largest absolute Gasteiger partial charge is 0.269 e. The molecule has 0 aliphatic rings. The molecule has 23 heavy (non-hydrogen) atoms. The second-order valence-corrected chi connectivity index (χ2v) is 5.06. The van der Waals surface area contributed by atoms with Crippen LogP contribution in [0.1, 0.15) is 0 Å². The van der Waals surface area contributed by atoms with Crippen molar-refractivity contribution in [2.75, 3.05) is 0 Å². The van der Waals surface area contributed by atoms with Crippen LogP contribution in [0.5, 0.6) is 0 Å². The Morgan fingerprint density at radius 2 is 1.39 bits per heavy atom. The molecular formula is C16H9ClFN3O2. The van der Waals surface area contributed by atoms with Crippen molar-refractivity contribution in [3.63, 3.8) is 0 Å². The predicted molar refractivity (Wildman–Crippen MR) is 84.5 cm³/mol. The van der Waals surface area contributed by atoms with Crippen LogP contribution in [0.4, 0.5) is 10.1 Å². The van der Waals surface area contributed by atoms with Crippen molar-refractivity contribution in [1.29, 1.82) is 0 Å². The number of benzene rings is 2. The van der Waals surface area contributed by atoms with Crippen molar-refractivity contribution in [2.24, 2.45) is 0 Å². The molecular weight excluding hydrogens is 321 g/mol. The first-order chi connectivity index (χ1) is 11.0. The Labute approximate surface area is 135 Å². The molecule has 5 nitrogen and oxygen atoms in total. The van der Waals surface area contributed by atoms with E-state index < -0.39 is 4.92 Å². The zero-order valence-corrected chi connectivity index (χ0v) is 12.4. The van der Waals surface area contributed by atoms with Crippen molar-refractivity contribution < 1.29 is 9.31 Å². The van der Waals surface area contributed by atoms with E-state index >= 15 is 0 Å². The molecule has 0 saturated heterocycles. The molecule has 0 aliphatic carbocycles. The number of nitro benzene ring substituents is 1. The predicted octanol–water partition coefficient (Wildman–Crippen LogP) is 4.51. The maximum Gasteiger partial charge on any atom is 0.269 e. The molecule has 0 spiro atoms. The fraction of sp³-hybridized carbons (Fsp3) is 0. The monoisotopic (exact) mass is 329 g/mol. The van der Waals surface area contributed by atoms with Gasteiger partial charge in [0.2, 0.25) is 5.28 Å². The molecule has 1 heterocycles. The van der Waals surface area contributed by atoms with Gasteiger partial charge in [0.1, 0.15) is 5.82 Å². The average molecular weight is 330 g/mol. The van der Waals surface area contributed by atoms with E-state index in [1.54, 1.807) is 30.3 Å². The van der Waals surface area contributed by atoms with Gasteiger partial charge in [-0.25, -0.2) is 14.4 Å². The topological polar surface area (TPSA) is 68.9 Å². The standard InChI is InChI=1S/C16H9ClFN3O2/c17-16-19-14(10-1-5-12(18)6-2-10)9-15(20-16)11-3-7-13(8-4-11)21(22)23/h1-9H. The lowest BCUT2D eigenvalue weighted by Crippen LogP contribution is -1.93. The summed E-state index contributed by atoms with van der Waals surface area (Å²) < 4.78 is 13.0. The van der Waals surface area contributed by atoms with E-state index in [0.717, 1.165) is 0 Å². The fourth-order valence-electron chi connectivity index (χ4n) is 2.09. The second kappa shape index (κ2) is 6.10. The van der Waals surface area contributed by atoms with Crippen LogP contribution in [0.3, 0.4) is 0 Å². The molecule has 0 unspecified atom stereocenters. The molecule has 7 heteroatoms. The summed E-state index contributed by atoms with van der Waals surface area (Å²) in [5.74, 6) is -0.343. The zero-order chi connectivity index (χ0) is 16.4. The van der Waals surface area contributed by atoms with Gasteiger partial charge in [0.15, 0.2) is 0 Å². The zero-order valence-electron chi connectivity index (χ0n) is 11.6. The molecule has 0 radical (unpaired) electrons. The Balaban J connectivity index is 2.03. The highest BCUT2D eigenvalue weighted by Crippen LogP contribution is 2.26.